The number of anilines is 1. The summed E-state index contributed by atoms with van der Waals surface area (Å²) in [6, 6.07) is 2.23. The van der Waals surface area contributed by atoms with Crippen molar-refractivity contribution in [1.29, 1.82) is 0 Å². The summed E-state index contributed by atoms with van der Waals surface area (Å²) < 4.78 is 0. The molecular weight excluding hydrogens is 266 g/mol. The van der Waals surface area contributed by atoms with Gasteiger partial charge in [-0.25, -0.2) is 4.98 Å². The van der Waals surface area contributed by atoms with Crippen molar-refractivity contribution < 1.29 is 4.79 Å². The van der Waals surface area contributed by atoms with Crippen LogP contribution in [0.2, 0.25) is 0 Å². The van der Waals surface area contributed by atoms with Crippen molar-refractivity contribution in [3.05, 3.63) is 33.0 Å². The van der Waals surface area contributed by atoms with Gasteiger partial charge in [-0.2, -0.15) is 0 Å². The number of aryl methyl sites for hydroxylation is 1. The summed E-state index contributed by atoms with van der Waals surface area (Å²) in [4.78, 5) is 17.4. The van der Waals surface area contributed by atoms with Crippen LogP contribution in [0, 0.1) is 0 Å². The Morgan fingerprint density at radius 2 is 2.39 bits per heavy atom. The lowest BCUT2D eigenvalue weighted by Crippen LogP contribution is -2.30. The minimum Gasteiger partial charge on any atom is -0.375 e. The first-order chi connectivity index (χ1) is 8.74. The number of nitrogens with zero attached hydrogens (tertiary/aromatic N) is 1. The van der Waals surface area contributed by atoms with Gasteiger partial charge in [0.05, 0.1) is 6.04 Å². The van der Waals surface area contributed by atoms with Gasteiger partial charge in [0.2, 0.25) is 0 Å². The Balaban J connectivity index is 1.77. The van der Waals surface area contributed by atoms with Crippen LogP contribution in [0.3, 0.4) is 0 Å². The third kappa shape index (κ3) is 2.13. The second-order valence-corrected chi connectivity index (χ2v) is 6.18. The molecule has 0 bridgehead atoms. The number of rotatable bonds is 2. The predicted molar refractivity (Wildman–Crippen MR) is 74.0 cm³/mol. The van der Waals surface area contributed by atoms with Gasteiger partial charge in [-0.1, -0.05) is 0 Å². The minimum atomic E-state index is -0.132. The Labute approximate surface area is 113 Å². The van der Waals surface area contributed by atoms with Gasteiger partial charge in [-0.3, -0.25) is 4.79 Å². The van der Waals surface area contributed by atoms with Gasteiger partial charge in [0, 0.05) is 10.3 Å². The topological polar surface area (TPSA) is 68.0 Å². The monoisotopic (exact) mass is 279 g/mol. The zero-order valence-electron chi connectivity index (χ0n) is 9.68. The first-order valence-electron chi connectivity index (χ1n) is 5.82. The average Bonchev–Trinajstić information content (AvgIpc) is 2.97. The zero-order valence-corrected chi connectivity index (χ0v) is 11.3. The number of aromatic nitrogens is 1. The molecule has 0 fully saturated rings. The van der Waals surface area contributed by atoms with Crippen molar-refractivity contribution >= 4 is 33.7 Å². The molecule has 1 atom stereocenters. The summed E-state index contributed by atoms with van der Waals surface area (Å²) in [5.41, 5.74) is 7.22. The van der Waals surface area contributed by atoms with Crippen LogP contribution in [0.1, 0.15) is 39.8 Å². The lowest BCUT2D eigenvalue weighted by Gasteiger charge is -2.23. The van der Waals surface area contributed by atoms with Gasteiger partial charge < -0.3 is 11.1 Å². The second-order valence-electron chi connectivity index (χ2n) is 4.29. The molecule has 94 valence electrons. The number of nitrogens with one attached hydrogen (secondary N) is 1. The maximum absolute atomic E-state index is 12.0. The fourth-order valence-corrected chi connectivity index (χ4v) is 3.79. The van der Waals surface area contributed by atoms with Crippen LogP contribution in [-0.4, -0.2) is 10.9 Å². The molecule has 0 aliphatic heterocycles. The smallest absolute Gasteiger partial charge is 0.271 e. The molecular formula is C12H13N3OS2. The third-order valence-electron chi connectivity index (χ3n) is 3.11. The van der Waals surface area contributed by atoms with Gasteiger partial charge in [0.25, 0.3) is 5.91 Å². The molecule has 1 unspecified atom stereocenters. The van der Waals surface area contributed by atoms with Gasteiger partial charge in [-0.05, 0) is 36.3 Å². The van der Waals surface area contributed by atoms with E-state index in [9.17, 15) is 4.79 Å². The van der Waals surface area contributed by atoms with Crippen LogP contribution in [-0.2, 0) is 6.42 Å². The molecule has 0 saturated heterocycles. The van der Waals surface area contributed by atoms with Crippen molar-refractivity contribution in [2.24, 2.45) is 0 Å². The quantitative estimate of drug-likeness (QED) is 0.888. The predicted octanol–water partition coefficient (Wildman–Crippen LogP) is 2.59. The summed E-state index contributed by atoms with van der Waals surface area (Å²) in [6.45, 7) is 0. The summed E-state index contributed by atoms with van der Waals surface area (Å²) in [7, 11) is 0. The molecule has 1 aliphatic carbocycles. The summed E-state index contributed by atoms with van der Waals surface area (Å²) in [5, 5.41) is 7.27. The van der Waals surface area contributed by atoms with Crippen molar-refractivity contribution in [3.8, 4) is 0 Å². The maximum atomic E-state index is 12.0. The number of nitrogen functional groups attached to an aromatic ring is 1. The number of carbonyl (C=O) groups is 1. The van der Waals surface area contributed by atoms with E-state index in [1.807, 2.05) is 0 Å². The van der Waals surface area contributed by atoms with Crippen LogP contribution in [0.25, 0.3) is 0 Å². The van der Waals surface area contributed by atoms with E-state index in [0.29, 0.717) is 10.8 Å². The maximum Gasteiger partial charge on any atom is 0.271 e. The van der Waals surface area contributed by atoms with Crippen LogP contribution in [0.5, 0.6) is 0 Å². The highest BCUT2D eigenvalue weighted by atomic mass is 32.1. The molecule has 6 heteroatoms. The SMILES string of the molecule is Nc1nc(C(=O)NC2CCCc3sccc32)cs1. The van der Waals surface area contributed by atoms with Crippen molar-refractivity contribution in [3.63, 3.8) is 0 Å². The Morgan fingerprint density at radius 1 is 1.50 bits per heavy atom. The van der Waals surface area contributed by atoms with Crippen LogP contribution >= 0.6 is 22.7 Å². The van der Waals surface area contributed by atoms with Gasteiger partial charge >= 0.3 is 0 Å². The van der Waals surface area contributed by atoms with E-state index in [4.69, 9.17) is 5.73 Å². The van der Waals surface area contributed by atoms with Gasteiger partial charge in [-0.15, -0.1) is 22.7 Å². The Kier molecular flexibility index (Phi) is 3.05. The minimum absolute atomic E-state index is 0.121. The molecule has 0 spiro atoms. The number of hydrogen-bond donors (Lipinski definition) is 2. The van der Waals surface area contributed by atoms with Crippen molar-refractivity contribution in [2.75, 3.05) is 5.73 Å². The van der Waals surface area contributed by atoms with Gasteiger partial charge in [0.1, 0.15) is 5.69 Å². The highest BCUT2D eigenvalue weighted by Crippen LogP contribution is 2.33. The highest BCUT2D eigenvalue weighted by Gasteiger charge is 2.23. The van der Waals surface area contributed by atoms with E-state index < -0.39 is 0 Å². The zero-order chi connectivity index (χ0) is 12.5. The molecule has 0 aromatic carbocycles. The lowest BCUT2D eigenvalue weighted by atomic mass is 9.94. The summed E-state index contributed by atoms with van der Waals surface area (Å²) >= 11 is 3.06. The first kappa shape index (κ1) is 11.7. The molecule has 0 saturated carbocycles. The third-order valence-corrected chi connectivity index (χ3v) is 4.78. The summed E-state index contributed by atoms with van der Waals surface area (Å²) in [6.07, 6.45) is 3.25. The molecule has 1 amide bonds. The molecule has 1 aliphatic rings. The molecule has 4 nitrogen and oxygen atoms in total. The molecule has 3 rings (SSSR count). The van der Waals surface area contributed by atoms with Crippen molar-refractivity contribution in [2.45, 2.75) is 25.3 Å². The largest absolute Gasteiger partial charge is 0.375 e. The molecule has 2 aromatic heterocycles. The van der Waals surface area contributed by atoms with Crippen LogP contribution in [0.15, 0.2) is 16.8 Å². The molecule has 0 radical (unpaired) electrons. The fraction of sp³-hybridized carbons (Fsp3) is 0.333. The average molecular weight is 279 g/mol. The second kappa shape index (κ2) is 4.70. The first-order valence-corrected chi connectivity index (χ1v) is 7.58. The number of thiazole rings is 1. The Hall–Kier alpha value is -1.40. The highest BCUT2D eigenvalue weighted by molar-refractivity contribution is 7.13. The van der Waals surface area contributed by atoms with E-state index in [0.717, 1.165) is 19.3 Å². The molecule has 18 heavy (non-hydrogen) atoms. The van der Waals surface area contributed by atoms with E-state index >= 15 is 0 Å². The van der Waals surface area contributed by atoms with E-state index in [2.05, 4.69) is 21.7 Å². The number of hydrogen-bond acceptors (Lipinski definition) is 5. The molecule has 2 aromatic rings. The van der Waals surface area contributed by atoms with E-state index in [1.54, 1.807) is 16.7 Å². The van der Waals surface area contributed by atoms with E-state index in [-0.39, 0.29) is 11.9 Å². The molecule has 3 N–H and O–H groups in total. The number of amides is 1. The van der Waals surface area contributed by atoms with E-state index in [1.165, 1.54) is 21.8 Å². The van der Waals surface area contributed by atoms with Crippen molar-refractivity contribution in [1.82, 2.24) is 10.3 Å². The normalized spacial score (nSPS) is 18.3. The number of carbonyl (C=O) groups excluding carboxylic acids is 1. The number of nitrogens with two attached hydrogens (primary N) is 1. The molecule has 2 heterocycles. The van der Waals surface area contributed by atoms with Gasteiger partial charge in [0.15, 0.2) is 5.13 Å². The Morgan fingerprint density at radius 3 is 3.17 bits per heavy atom. The van der Waals surface area contributed by atoms with Crippen LogP contribution < -0.4 is 11.1 Å². The summed E-state index contributed by atoms with van der Waals surface area (Å²) in [5.74, 6) is -0.132. The fourth-order valence-electron chi connectivity index (χ4n) is 2.26. The lowest BCUT2D eigenvalue weighted by molar-refractivity contribution is 0.0928. The van der Waals surface area contributed by atoms with Crippen LogP contribution in [0.4, 0.5) is 5.13 Å². The number of thiophene rings is 1. The standard InChI is InChI=1S/C12H13N3OS2/c13-12-15-9(6-18-12)11(16)14-8-2-1-3-10-7(8)4-5-17-10/h4-6,8H,1-3H2,(H2,13,15)(H,14,16). The Bertz CT molecular complexity index is 575. The number of fused-ring (bicyclic) bond motifs is 1.